The third kappa shape index (κ3) is 5.04. The molecule has 0 aromatic rings. The normalized spacial score (nSPS) is 21.7. The SMILES string of the molecule is CC[C@H](C)OCC(=O)N1CCC[C@H](CC(N)=O)C1. The van der Waals surface area contributed by atoms with Gasteiger partial charge in [-0.1, -0.05) is 6.92 Å². The maximum Gasteiger partial charge on any atom is 0.248 e. The Kier molecular flexibility index (Phi) is 6.12. The molecule has 5 heteroatoms. The predicted octanol–water partition coefficient (Wildman–Crippen LogP) is 0.915. The van der Waals surface area contributed by atoms with Crippen LogP contribution in [-0.2, 0) is 14.3 Å². The van der Waals surface area contributed by atoms with Gasteiger partial charge >= 0.3 is 0 Å². The molecule has 5 nitrogen and oxygen atoms in total. The van der Waals surface area contributed by atoms with Crippen LogP contribution in [0.15, 0.2) is 0 Å². The van der Waals surface area contributed by atoms with Gasteiger partial charge in [-0.3, -0.25) is 9.59 Å². The van der Waals surface area contributed by atoms with Crippen LogP contribution < -0.4 is 5.73 Å². The average Bonchev–Trinajstić information content (AvgIpc) is 2.35. The zero-order valence-electron chi connectivity index (χ0n) is 11.4. The standard InChI is InChI=1S/C13H24N2O3/c1-3-10(2)18-9-13(17)15-6-4-5-11(8-15)7-12(14)16/h10-11H,3-9H2,1-2H3,(H2,14,16)/t10-,11+/m0/s1. The number of carbonyl (C=O) groups excluding carboxylic acids is 2. The third-order valence-electron chi connectivity index (χ3n) is 3.43. The lowest BCUT2D eigenvalue weighted by Gasteiger charge is -2.32. The van der Waals surface area contributed by atoms with Crippen LogP contribution in [0.4, 0.5) is 0 Å². The highest BCUT2D eigenvalue weighted by Crippen LogP contribution is 2.19. The molecule has 1 saturated heterocycles. The summed E-state index contributed by atoms with van der Waals surface area (Å²) in [5.41, 5.74) is 5.19. The van der Waals surface area contributed by atoms with Crippen molar-refractivity contribution in [2.75, 3.05) is 19.7 Å². The van der Waals surface area contributed by atoms with E-state index in [1.165, 1.54) is 0 Å². The second-order valence-corrected chi connectivity index (χ2v) is 5.05. The van der Waals surface area contributed by atoms with E-state index in [-0.39, 0.29) is 30.4 Å². The van der Waals surface area contributed by atoms with E-state index in [2.05, 4.69) is 0 Å². The van der Waals surface area contributed by atoms with Crippen LogP contribution in [-0.4, -0.2) is 42.5 Å². The number of likely N-dealkylation sites (tertiary alicyclic amines) is 1. The number of carbonyl (C=O) groups is 2. The number of nitrogens with zero attached hydrogens (tertiary/aromatic N) is 1. The van der Waals surface area contributed by atoms with Crippen molar-refractivity contribution in [1.29, 1.82) is 0 Å². The largest absolute Gasteiger partial charge is 0.370 e. The quantitative estimate of drug-likeness (QED) is 0.768. The average molecular weight is 256 g/mol. The summed E-state index contributed by atoms with van der Waals surface area (Å²) in [4.78, 5) is 24.6. The predicted molar refractivity (Wildman–Crippen MR) is 68.8 cm³/mol. The fraction of sp³-hybridized carbons (Fsp3) is 0.846. The molecule has 2 amide bonds. The van der Waals surface area contributed by atoms with Gasteiger partial charge in [0.2, 0.25) is 11.8 Å². The lowest BCUT2D eigenvalue weighted by atomic mass is 9.94. The van der Waals surface area contributed by atoms with Crippen LogP contribution in [0.1, 0.15) is 39.5 Å². The van der Waals surface area contributed by atoms with E-state index in [0.29, 0.717) is 13.0 Å². The van der Waals surface area contributed by atoms with Gasteiger partial charge in [0.15, 0.2) is 0 Å². The van der Waals surface area contributed by atoms with Gasteiger partial charge in [0.25, 0.3) is 0 Å². The Balaban J connectivity index is 2.36. The summed E-state index contributed by atoms with van der Waals surface area (Å²) in [6.07, 6.45) is 3.29. The number of primary amides is 1. The minimum absolute atomic E-state index is 0.0180. The summed E-state index contributed by atoms with van der Waals surface area (Å²) in [6.45, 7) is 5.51. The molecule has 0 bridgehead atoms. The molecule has 1 rings (SSSR count). The van der Waals surface area contributed by atoms with Gasteiger partial charge in [0.1, 0.15) is 6.61 Å². The molecule has 18 heavy (non-hydrogen) atoms. The highest BCUT2D eigenvalue weighted by Gasteiger charge is 2.24. The van der Waals surface area contributed by atoms with Crippen molar-refractivity contribution in [2.24, 2.45) is 11.7 Å². The molecule has 0 spiro atoms. The first-order valence-corrected chi connectivity index (χ1v) is 6.70. The lowest BCUT2D eigenvalue weighted by molar-refractivity contribution is -0.140. The Bertz CT molecular complexity index is 294. The van der Waals surface area contributed by atoms with E-state index >= 15 is 0 Å². The maximum absolute atomic E-state index is 11.9. The second-order valence-electron chi connectivity index (χ2n) is 5.05. The maximum atomic E-state index is 11.9. The number of nitrogens with two attached hydrogens (primary N) is 1. The number of rotatable bonds is 6. The lowest BCUT2D eigenvalue weighted by Crippen LogP contribution is -2.43. The zero-order chi connectivity index (χ0) is 13.5. The molecule has 1 heterocycles. The van der Waals surface area contributed by atoms with Gasteiger partial charge < -0.3 is 15.4 Å². The molecule has 0 aromatic heterocycles. The molecule has 2 N–H and O–H groups in total. The molecule has 1 fully saturated rings. The van der Waals surface area contributed by atoms with E-state index in [1.54, 1.807) is 4.90 Å². The van der Waals surface area contributed by atoms with Crippen LogP contribution in [0.5, 0.6) is 0 Å². The smallest absolute Gasteiger partial charge is 0.248 e. The van der Waals surface area contributed by atoms with Gasteiger partial charge in [-0.2, -0.15) is 0 Å². The molecule has 0 saturated carbocycles. The first-order chi connectivity index (χ1) is 8.52. The summed E-state index contributed by atoms with van der Waals surface area (Å²) < 4.78 is 5.44. The highest BCUT2D eigenvalue weighted by atomic mass is 16.5. The van der Waals surface area contributed by atoms with E-state index in [9.17, 15) is 9.59 Å². The van der Waals surface area contributed by atoms with Gasteiger partial charge in [0.05, 0.1) is 6.10 Å². The summed E-state index contributed by atoms with van der Waals surface area (Å²) in [5.74, 6) is -0.0570. The van der Waals surface area contributed by atoms with Gasteiger partial charge in [0, 0.05) is 19.5 Å². The first-order valence-electron chi connectivity index (χ1n) is 6.70. The van der Waals surface area contributed by atoms with Gasteiger partial charge in [-0.05, 0) is 32.1 Å². The Hall–Kier alpha value is -1.10. The number of hydrogen-bond donors (Lipinski definition) is 1. The number of hydrogen-bond acceptors (Lipinski definition) is 3. The van der Waals surface area contributed by atoms with Crippen molar-refractivity contribution < 1.29 is 14.3 Å². The molecule has 1 aliphatic rings. The topological polar surface area (TPSA) is 72.6 Å². The summed E-state index contributed by atoms with van der Waals surface area (Å²) in [6, 6.07) is 0. The molecular weight excluding hydrogens is 232 g/mol. The monoisotopic (exact) mass is 256 g/mol. The van der Waals surface area contributed by atoms with Crippen molar-refractivity contribution in [3.8, 4) is 0 Å². The zero-order valence-corrected chi connectivity index (χ0v) is 11.4. The van der Waals surface area contributed by atoms with Crippen LogP contribution >= 0.6 is 0 Å². The molecule has 0 radical (unpaired) electrons. The van der Waals surface area contributed by atoms with Gasteiger partial charge in [-0.25, -0.2) is 0 Å². The van der Waals surface area contributed by atoms with Crippen molar-refractivity contribution in [2.45, 2.75) is 45.6 Å². The number of amides is 2. The van der Waals surface area contributed by atoms with Gasteiger partial charge in [-0.15, -0.1) is 0 Å². The van der Waals surface area contributed by atoms with Crippen LogP contribution in [0.25, 0.3) is 0 Å². The van der Waals surface area contributed by atoms with E-state index in [0.717, 1.165) is 25.8 Å². The molecular formula is C13H24N2O3. The Morgan fingerprint density at radius 1 is 1.50 bits per heavy atom. The summed E-state index contributed by atoms with van der Waals surface area (Å²) in [5, 5.41) is 0. The van der Waals surface area contributed by atoms with Crippen molar-refractivity contribution in [1.82, 2.24) is 4.90 Å². The van der Waals surface area contributed by atoms with Crippen LogP contribution in [0.3, 0.4) is 0 Å². The fourth-order valence-corrected chi connectivity index (χ4v) is 2.17. The molecule has 0 unspecified atom stereocenters. The second kappa shape index (κ2) is 7.36. The minimum Gasteiger partial charge on any atom is -0.370 e. The molecule has 1 aliphatic heterocycles. The Labute approximate surface area is 109 Å². The van der Waals surface area contributed by atoms with E-state index < -0.39 is 0 Å². The van der Waals surface area contributed by atoms with Crippen LogP contribution in [0, 0.1) is 5.92 Å². The van der Waals surface area contributed by atoms with E-state index in [4.69, 9.17) is 10.5 Å². The molecule has 0 aliphatic carbocycles. The summed E-state index contributed by atoms with van der Waals surface area (Å²) >= 11 is 0. The van der Waals surface area contributed by atoms with Crippen LogP contribution in [0.2, 0.25) is 0 Å². The first kappa shape index (κ1) is 15.0. The van der Waals surface area contributed by atoms with Crippen molar-refractivity contribution in [3.05, 3.63) is 0 Å². The fourth-order valence-electron chi connectivity index (χ4n) is 2.17. The molecule has 104 valence electrons. The number of piperidine rings is 1. The van der Waals surface area contributed by atoms with E-state index in [1.807, 2.05) is 13.8 Å². The molecule has 2 atom stereocenters. The molecule has 0 aromatic carbocycles. The third-order valence-corrected chi connectivity index (χ3v) is 3.43. The highest BCUT2D eigenvalue weighted by molar-refractivity contribution is 5.78. The summed E-state index contributed by atoms with van der Waals surface area (Å²) in [7, 11) is 0. The van der Waals surface area contributed by atoms with Crippen molar-refractivity contribution >= 4 is 11.8 Å². The Morgan fingerprint density at radius 3 is 2.83 bits per heavy atom. The Morgan fingerprint density at radius 2 is 2.22 bits per heavy atom. The minimum atomic E-state index is -0.287. The van der Waals surface area contributed by atoms with Crippen molar-refractivity contribution in [3.63, 3.8) is 0 Å². The number of ether oxygens (including phenoxy) is 1.